The van der Waals surface area contributed by atoms with Crippen molar-refractivity contribution in [1.82, 2.24) is 14.6 Å². The fourth-order valence-electron chi connectivity index (χ4n) is 2.65. The second-order valence-corrected chi connectivity index (χ2v) is 7.29. The van der Waals surface area contributed by atoms with Crippen molar-refractivity contribution in [3.05, 3.63) is 52.5 Å². The van der Waals surface area contributed by atoms with Gasteiger partial charge < -0.3 is 15.8 Å². The number of benzene rings is 1. The van der Waals surface area contributed by atoms with Crippen LogP contribution in [0.5, 0.6) is 0 Å². The van der Waals surface area contributed by atoms with E-state index >= 15 is 0 Å². The monoisotopic (exact) mass is 398 g/mol. The highest BCUT2D eigenvalue weighted by Crippen LogP contribution is 2.20. The minimum atomic E-state index is -0.527. The Morgan fingerprint density at radius 3 is 2.86 bits per heavy atom. The van der Waals surface area contributed by atoms with E-state index in [9.17, 15) is 4.79 Å². The maximum absolute atomic E-state index is 11.7. The predicted octanol–water partition coefficient (Wildman–Crippen LogP) is 1.01. The number of amides is 1. The number of hydrogen-bond donors (Lipinski definition) is 2. The van der Waals surface area contributed by atoms with Gasteiger partial charge in [0.15, 0.2) is 5.13 Å². The van der Waals surface area contributed by atoms with Crippen LogP contribution >= 0.6 is 11.3 Å². The number of hydrogen-bond acceptors (Lipinski definition) is 6. The minimum Gasteiger partial charge on any atom is -0.379 e. The maximum atomic E-state index is 11.7. The standard InChI is InChI=1S/C20H23N5O2S/c21-19(26)17(14-22-13-16-4-2-1-3-5-16)12-18-15-24-20(28-18)23-6-7-25-8-10-27-11-9-25/h1-5,12-15H,6-11H2,(H2,21,26)/p+1. The van der Waals surface area contributed by atoms with Crippen LogP contribution < -0.4 is 15.7 Å². The van der Waals surface area contributed by atoms with Crippen LogP contribution in [0.15, 0.2) is 42.1 Å². The highest BCUT2D eigenvalue weighted by Gasteiger charge is 2.11. The summed E-state index contributed by atoms with van der Waals surface area (Å²) in [5.74, 6) is -0.527. The summed E-state index contributed by atoms with van der Waals surface area (Å²) in [4.78, 5) is 19.3. The molecule has 2 aromatic rings. The van der Waals surface area contributed by atoms with E-state index in [1.54, 1.807) is 18.5 Å². The topological polar surface area (TPSA) is 94.6 Å². The normalized spacial score (nSPS) is 14.9. The smallest absolute Gasteiger partial charge is 0.305 e. The third-order valence-electron chi connectivity index (χ3n) is 4.15. The first-order chi connectivity index (χ1) is 13.7. The molecule has 1 aromatic carbocycles. The number of nitrogens with one attached hydrogen (secondary N) is 1. The lowest BCUT2D eigenvalue weighted by atomic mass is 10.2. The van der Waals surface area contributed by atoms with Gasteiger partial charge in [-0.2, -0.15) is 0 Å². The van der Waals surface area contributed by atoms with Crippen molar-refractivity contribution in [1.29, 1.82) is 0 Å². The fourth-order valence-corrected chi connectivity index (χ4v) is 3.44. The van der Waals surface area contributed by atoms with E-state index in [-0.39, 0.29) is 0 Å². The number of primary amides is 1. The Kier molecular flexibility index (Phi) is 7.52. The van der Waals surface area contributed by atoms with Gasteiger partial charge in [0.2, 0.25) is 0 Å². The molecule has 1 saturated heterocycles. The van der Waals surface area contributed by atoms with E-state index in [0.29, 0.717) is 5.57 Å². The van der Waals surface area contributed by atoms with Crippen LogP contribution in [-0.4, -0.2) is 67.6 Å². The van der Waals surface area contributed by atoms with Crippen LogP contribution in [0.2, 0.25) is 0 Å². The average Bonchev–Trinajstić information content (AvgIpc) is 3.16. The molecule has 1 aromatic heterocycles. The maximum Gasteiger partial charge on any atom is 0.305 e. The van der Waals surface area contributed by atoms with Gasteiger partial charge in [0.1, 0.15) is 5.57 Å². The Bertz CT molecular complexity index is 866. The Morgan fingerprint density at radius 1 is 1.32 bits per heavy atom. The number of morpholine rings is 1. The van der Waals surface area contributed by atoms with Gasteiger partial charge >= 0.3 is 6.21 Å². The molecule has 1 amide bonds. The van der Waals surface area contributed by atoms with Crippen molar-refractivity contribution in [3.63, 3.8) is 0 Å². The molecule has 0 atom stereocenters. The Labute approximate surface area is 168 Å². The first kappa shape index (κ1) is 20.0. The molecule has 3 rings (SSSR count). The van der Waals surface area contributed by atoms with E-state index in [1.165, 1.54) is 17.6 Å². The van der Waals surface area contributed by atoms with Crippen LogP contribution in [-0.2, 0) is 9.53 Å². The van der Waals surface area contributed by atoms with Gasteiger partial charge in [-0.15, -0.1) is 0 Å². The molecule has 28 heavy (non-hydrogen) atoms. The second kappa shape index (κ2) is 10.5. The summed E-state index contributed by atoms with van der Waals surface area (Å²) < 4.78 is 9.55. The van der Waals surface area contributed by atoms with E-state index in [4.69, 9.17) is 10.5 Å². The molecule has 0 spiro atoms. The predicted molar refractivity (Wildman–Crippen MR) is 115 cm³/mol. The molecule has 146 valence electrons. The molecular formula is C20H24N5O2S+. The van der Waals surface area contributed by atoms with Crippen LogP contribution in [0.4, 0.5) is 5.13 Å². The summed E-state index contributed by atoms with van der Waals surface area (Å²) in [5, 5.41) is 4.14. The summed E-state index contributed by atoms with van der Waals surface area (Å²) >= 11 is 1.47. The van der Waals surface area contributed by atoms with Crippen molar-refractivity contribution in [3.8, 4) is 0 Å². The highest BCUT2D eigenvalue weighted by molar-refractivity contribution is 7.16. The number of carbonyl (C=O) groups is 1. The summed E-state index contributed by atoms with van der Waals surface area (Å²) in [6.45, 7) is 5.29. The summed E-state index contributed by atoms with van der Waals surface area (Å²) in [5.41, 5.74) is 6.75. The van der Waals surface area contributed by atoms with Gasteiger partial charge in [-0.05, 0) is 18.2 Å². The minimum absolute atomic E-state index is 0.329. The second-order valence-electron chi connectivity index (χ2n) is 6.23. The molecule has 3 N–H and O–H groups in total. The molecule has 0 aliphatic carbocycles. The summed E-state index contributed by atoms with van der Waals surface area (Å²) in [6, 6.07) is 9.66. The molecule has 0 radical (unpaired) electrons. The Balaban J connectivity index is 1.58. The van der Waals surface area contributed by atoms with Crippen molar-refractivity contribution < 1.29 is 9.53 Å². The molecule has 0 unspecified atom stereocenters. The molecule has 1 aliphatic rings. The Morgan fingerprint density at radius 2 is 2.11 bits per heavy atom. The van der Waals surface area contributed by atoms with Gasteiger partial charge in [0.05, 0.1) is 23.7 Å². The first-order valence-electron chi connectivity index (χ1n) is 9.13. The zero-order valence-electron chi connectivity index (χ0n) is 15.6. The number of nitrogens with two attached hydrogens (primary N) is 1. The number of anilines is 1. The molecule has 7 nitrogen and oxygen atoms in total. The van der Waals surface area contributed by atoms with Crippen LogP contribution in [0.3, 0.4) is 0 Å². The lowest BCUT2D eigenvalue weighted by Crippen LogP contribution is -2.38. The van der Waals surface area contributed by atoms with Gasteiger partial charge in [0.25, 0.3) is 12.1 Å². The highest BCUT2D eigenvalue weighted by atomic mass is 32.1. The van der Waals surface area contributed by atoms with Crippen molar-refractivity contribution in [2.24, 2.45) is 5.73 Å². The largest absolute Gasteiger partial charge is 0.379 e. The quantitative estimate of drug-likeness (QED) is 0.393. The lowest BCUT2D eigenvalue weighted by Gasteiger charge is -2.26. The number of carbonyl (C=O) groups excluding carboxylic acids is 1. The first-order valence-corrected chi connectivity index (χ1v) is 9.95. The van der Waals surface area contributed by atoms with Crippen molar-refractivity contribution >= 4 is 40.9 Å². The third kappa shape index (κ3) is 6.44. The van der Waals surface area contributed by atoms with Gasteiger partial charge in [-0.25, -0.2) is 4.98 Å². The summed E-state index contributed by atoms with van der Waals surface area (Å²) in [7, 11) is 0. The number of aromatic nitrogens is 1. The zero-order valence-corrected chi connectivity index (χ0v) is 16.4. The van der Waals surface area contributed by atoms with E-state index < -0.39 is 5.91 Å². The van der Waals surface area contributed by atoms with Crippen molar-refractivity contribution in [2.75, 3.05) is 44.7 Å². The van der Waals surface area contributed by atoms with E-state index in [1.807, 2.05) is 30.3 Å². The zero-order chi connectivity index (χ0) is 19.6. The lowest BCUT2D eigenvalue weighted by molar-refractivity contribution is -0.114. The fraction of sp³-hybridized carbons (Fsp3) is 0.300. The van der Waals surface area contributed by atoms with E-state index in [0.717, 1.165) is 55.0 Å². The number of ether oxygens (including phenoxy) is 1. The van der Waals surface area contributed by atoms with Crippen LogP contribution in [0.1, 0.15) is 10.4 Å². The molecule has 0 bridgehead atoms. The van der Waals surface area contributed by atoms with Gasteiger partial charge in [-0.1, -0.05) is 34.2 Å². The van der Waals surface area contributed by atoms with Gasteiger partial charge in [-0.3, -0.25) is 9.69 Å². The van der Waals surface area contributed by atoms with Gasteiger partial charge in [0, 0.05) is 32.4 Å². The third-order valence-corrected chi connectivity index (χ3v) is 5.05. The Hall–Kier alpha value is -2.77. The summed E-state index contributed by atoms with van der Waals surface area (Å²) in [6.07, 6.45) is 6.58. The molecule has 1 aliphatic heterocycles. The van der Waals surface area contributed by atoms with E-state index in [2.05, 4.69) is 19.9 Å². The molecule has 8 heteroatoms. The molecule has 0 saturated carbocycles. The van der Waals surface area contributed by atoms with Crippen LogP contribution in [0.25, 0.3) is 6.08 Å². The number of rotatable bonds is 8. The average molecular weight is 399 g/mol. The van der Waals surface area contributed by atoms with Crippen molar-refractivity contribution in [2.45, 2.75) is 0 Å². The molecular weight excluding hydrogens is 374 g/mol. The number of nitrogens with zero attached hydrogens (tertiary/aromatic N) is 3. The molecule has 1 fully saturated rings. The van der Waals surface area contributed by atoms with Crippen LogP contribution in [0, 0.1) is 0 Å². The number of thiazole rings is 1. The molecule has 2 heterocycles. The SMILES string of the molecule is NC(=O)/C(C=[N+]=Cc1ccccc1)=C/c1cnc(NCCN2CCOCC2)s1.